The molecule has 0 saturated carbocycles. The monoisotopic (exact) mass is 293 g/mol. The molecule has 0 saturated heterocycles. The Morgan fingerprint density at radius 3 is 2.38 bits per heavy atom. The molecule has 0 heterocycles. The quantitative estimate of drug-likeness (QED) is 0.660. The van der Waals surface area contributed by atoms with Crippen molar-refractivity contribution in [2.45, 2.75) is 13.8 Å². The van der Waals surface area contributed by atoms with E-state index in [-0.39, 0.29) is 13.1 Å². The molecule has 7 nitrogen and oxygen atoms in total. The van der Waals surface area contributed by atoms with E-state index in [1.165, 1.54) is 4.90 Å². The second kappa shape index (κ2) is 7.39. The van der Waals surface area contributed by atoms with Crippen molar-refractivity contribution in [1.82, 2.24) is 4.90 Å². The van der Waals surface area contributed by atoms with E-state index in [4.69, 9.17) is 10.8 Å². The van der Waals surface area contributed by atoms with Crippen molar-refractivity contribution >= 4 is 23.5 Å². The Labute approximate surface area is 122 Å². The van der Waals surface area contributed by atoms with Gasteiger partial charge in [0.25, 0.3) is 0 Å². The van der Waals surface area contributed by atoms with Crippen molar-refractivity contribution in [3.8, 4) is 0 Å². The molecule has 4 N–H and O–H groups in total. The number of aryl methyl sites for hydroxylation is 2. The van der Waals surface area contributed by atoms with Crippen LogP contribution in [-0.4, -0.2) is 47.4 Å². The third-order valence-electron chi connectivity index (χ3n) is 2.76. The van der Waals surface area contributed by atoms with E-state index in [1.54, 1.807) is 6.07 Å². The molecular formula is C14H19N3O4. The molecule has 0 aliphatic rings. The van der Waals surface area contributed by atoms with Gasteiger partial charge in [0.15, 0.2) is 0 Å². The predicted octanol–water partition coefficient (Wildman–Crippen LogP) is 0.114. The van der Waals surface area contributed by atoms with Gasteiger partial charge in [0.05, 0.1) is 19.6 Å². The van der Waals surface area contributed by atoms with Gasteiger partial charge < -0.3 is 16.2 Å². The fraction of sp³-hybridized carbons (Fsp3) is 0.357. The third kappa shape index (κ3) is 6.05. The maximum Gasteiger partial charge on any atom is 0.317 e. The van der Waals surface area contributed by atoms with Crippen LogP contribution in [0.3, 0.4) is 0 Å². The Kier molecular flexibility index (Phi) is 5.86. The normalized spacial score (nSPS) is 10.4. The summed E-state index contributed by atoms with van der Waals surface area (Å²) < 4.78 is 0. The minimum atomic E-state index is -1.13. The van der Waals surface area contributed by atoms with Crippen LogP contribution in [0, 0.1) is 13.8 Å². The number of nitrogens with zero attached hydrogens (tertiary/aromatic N) is 1. The van der Waals surface area contributed by atoms with Crippen LogP contribution in [0.25, 0.3) is 0 Å². The zero-order valence-electron chi connectivity index (χ0n) is 12.0. The average molecular weight is 293 g/mol. The molecule has 0 spiro atoms. The van der Waals surface area contributed by atoms with E-state index < -0.39 is 24.3 Å². The van der Waals surface area contributed by atoms with E-state index in [0.717, 1.165) is 11.1 Å². The molecule has 0 aliphatic carbocycles. The fourth-order valence-electron chi connectivity index (χ4n) is 1.93. The van der Waals surface area contributed by atoms with Gasteiger partial charge in [-0.2, -0.15) is 0 Å². The molecular weight excluding hydrogens is 274 g/mol. The molecule has 0 unspecified atom stereocenters. The van der Waals surface area contributed by atoms with Crippen LogP contribution in [-0.2, 0) is 14.4 Å². The summed E-state index contributed by atoms with van der Waals surface area (Å²) in [6.45, 7) is 2.87. The molecule has 21 heavy (non-hydrogen) atoms. The number of hydrogen-bond donors (Lipinski definition) is 3. The number of hydrogen-bond acceptors (Lipinski definition) is 4. The molecule has 1 aromatic carbocycles. The number of anilines is 1. The Hall–Kier alpha value is -2.41. The number of primary amides is 1. The molecule has 0 aromatic heterocycles. The lowest BCUT2D eigenvalue weighted by Crippen LogP contribution is -2.41. The maximum atomic E-state index is 11.9. The number of benzene rings is 1. The second-order valence-electron chi connectivity index (χ2n) is 4.87. The highest BCUT2D eigenvalue weighted by molar-refractivity contribution is 5.93. The van der Waals surface area contributed by atoms with Gasteiger partial charge in [0.1, 0.15) is 0 Å². The van der Waals surface area contributed by atoms with Crippen molar-refractivity contribution in [1.29, 1.82) is 0 Å². The van der Waals surface area contributed by atoms with Crippen molar-refractivity contribution in [3.63, 3.8) is 0 Å². The Balaban J connectivity index is 2.68. The van der Waals surface area contributed by atoms with E-state index in [2.05, 4.69) is 5.32 Å². The smallest absolute Gasteiger partial charge is 0.317 e. The van der Waals surface area contributed by atoms with Crippen LogP contribution in [0.1, 0.15) is 11.1 Å². The first-order valence-electron chi connectivity index (χ1n) is 6.37. The van der Waals surface area contributed by atoms with Crippen molar-refractivity contribution in [3.05, 3.63) is 29.3 Å². The molecule has 7 heteroatoms. The van der Waals surface area contributed by atoms with Gasteiger partial charge in [-0.1, -0.05) is 17.7 Å². The van der Waals surface area contributed by atoms with E-state index >= 15 is 0 Å². The van der Waals surface area contributed by atoms with Crippen LogP contribution in [0.15, 0.2) is 18.2 Å². The zero-order valence-corrected chi connectivity index (χ0v) is 12.0. The lowest BCUT2D eigenvalue weighted by Gasteiger charge is -2.18. The average Bonchev–Trinajstić information content (AvgIpc) is 2.30. The van der Waals surface area contributed by atoms with Crippen LogP contribution in [0.2, 0.25) is 0 Å². The Bertz CT molecular complexity index is 541. The molecule has 2 amide bonds. The SMILES string of the molecule is Cc1ccc(NC(=O)CN(CC(N)=O)CC(=O)O)c(C)c1. The topological polar surface area (TPSA) is 113 Å². The predicted molar refractivity (Wildman–Crippen MR) is 77.8 cm³/mol. The van der Waals surface area contributed by atoms with Crippen molar-refractivity contribution in [2.75, 3.05) is 25.0 Å². The zero-order chi connectivity index (χ0) is 16.0. The van der Waals surface area contributed by atoms with E-state index in [1.807, 2.05) is 26.0 Å². The van der Waals surface area contributed by atoms with Gasteiger partial charge in [0, 0.05) is 5.69 Å². The largest absolute Gasteiger partial charge is 0.480 e. The van der Waals surface area contributed by atoms with Gasteiger partial charge in [-0.15, -0.1) is 0 Å². The number of nitrogens with one attached hydrogen (secondary N) is 1. The number of carboxylic acid groups (broad SMARTS) is 1. The van der Waals surface area contributed by atoms with E-state index in [9.17, 15) is 14.4 Å². The molecule has 114 valence electrons. The Morgan fingerprint density at radius 1 is 1.19 bits per heavy atom. The number of rotatable bonds is 7. The van der Waals surface area contributed by atoms with Crippen LogP contribution < -0.4 is 11.1 Å². The first-order chi connectivity index (χ1) is 9.77. The maximum absolute atomic E-state index is 11.9. The van der Waals surface area contributed by atoms with Gasteiger partial charge >= 0.3 is 5.97 Å². The number of aliphatic carboxylic acids is 1. The van der Waals surface area contributed by atoms with Gasteiger partial charge in [0.2, 0.25) is 11.8 Å². The van der Waals surface area contributed by atoms with Crippen molar-refractivity contribution in [2.24, 2.45) is 5.73 Å². The lowest BCUT2D eigenvalue weighted by atomic mass is 10.1. The third-order valence-corrected chi connectivity index (χ3v) is 2.76. The first-order valence-corrected chi connectivity index (χ1v) is 6.37. The summed E-state index contributed by atoms with van der Waals surface area (Å²) in [7, 11) is 0. The fourth-order valence-corrected chi connectivity index (χ4v) is 1.93. The van der Waals surface area contributed by atoms with Crippen molar-refractivity contribution < 1.29 is 19.5 Å². The summed E-state index contributed by atoms with van der Waals surface area (Å²) in [5.74, 6) is -2.21. The number of nitrogens with two attached hydrogens (primary N) is 1. The van der Waals surface area contributed by atoms with Crippen LogP contribution in [0.5, 0.6) is 0 Å². The molecule has 1 aromatic rings. The number of carbonyl (C=O) groups is 3. The van der Waals surface area contributed by atoms with Gasteiger partial charge in [-0.3, -0.25) is 19.3 Å². The first kappa shape index (κ1) is 16.6. The highest BCUT2D eigenvalue weighted by Gasteiger charge is 2.16. The van der Waals surface area contributed by atoms with E-state index in [0.29, 0.717) is 5.69 Å². The molecule has 0 atom stereocenters. The lowest BCUT2D eigenvalue weighted by molar-refractivity contribution is -0.138. The van der Waals surface area contributed by atoms with Crippen LogP contribution >= 0.6 is 0 Å². The van der Waals surface area contributed by atoms with Gasteiger partial charge in [-0.25, -0.2) is 0 Å². The summed E-state index contributed by atoms with van der Waals surface area (Å²) in [6, 6.07) is 5.56. The molecule has 0 fully saturated rings. The summed E-state index contributed by atoms with van der Waals surface area (Å²) >= 11 is 0. The van der Waals surface area contributed by atoms with Gasteiger partial charge in [-0.05, 0) is 25.5 Å². The molecule has 0 bridgehead atoms. The summed E-state index contributed by atoms with van der Waals surface area (Å²) in [6.07, 6.45) is 0. The number of amides is 2. The summed E-state index contributed by atoms with van der Waals surface area (Å²) in [5.41, 5.74) is 7.67. The molecule has 0 aliphatic heterocycles. The summed E-state index contributed by atoms with van der Waals surface area (Å²) in [4.78, 5) is 34.7. The second-order valence-corrected chi connectivity index (χ2v) is 4.87. The number of carboxylic acids is 1. The highest BCUT2D eigenvalue weighted by Crippen LogP contribution is 2.15. The standard InChI is InChI=1S/C14H19N3O4/c1-9-3-4-11(10(2)5-9)16-13(19)7-17(6-12(15)18)8-14(20)21/h3-5H,6-8H2,1-2H3,(H2,15,18)(H,16,19)(H,20,21). The Morgan fingerprint density at radius 2 is 1.86 bits per heavy atom. The summed E-state index contributed by atoms with van der Waals surface area (Å²) in [5, 5.41) is 11.4. The minimum Gasteiger partial charge on any atom is -0.480 e. The molecule has 0 radical (unpaired) electrons. The molecule has 1 rings (SSSR count). The number of carbonyl (C=O) groups excluding carboxylic acids is 2. The minimum absolute atomic E-state index is 0.220. The van der Waals surface area contributed by atoms with Crippen LogP contribution in [0.4, 0.5) is 5.69 Å². The highest BCUT2D eigenvalue weighted by atomic mass is 16.4.